The van der Waals surface area contributed by atoms with Crippen molar-refractivity contribution in [2.24, 2.45) is 0 Å². The molecule has 2 aromatic rings. The van der Waals surface area contributed by atoms with Crippen molar-refractivity contribution in [3.05, 3.63) is 46.6 Å². The minimum absolute atomic E-state index is 0.00550. The van der Waals surface area contributed by atoms with E-state index in [1.807, 2.05) is 13.8 Å². The molecule has 29 heavy (non-hydrogen) atoms. The number of nitrogens with zero attached hydrogens (tertiary/aromatic N) is 1. The lowest BCUT2D eigenvalue weighted by atomic mass is 9.44. The number of halogens is 2. The van der Waals surface area contributed by atoms with Gasteiger partial charge < -0.3 is 19.9 Å². The fraction of sp³-hybridized carbons (Fsp3) is 0.450. The summed E-state index contributed by atoms with van der Waals surface area (Å²) in [5.41, 5.74) is -0.354. The highest BCUT2D eigenvalue weighted by Gasteiger charge is 2.69. The van der Waals surface area contributed by atoms with Crippen molar-refractivity contribution < 1.29 is 23.2 Å². The summed E-state index contributed by atoms with van der Waals surface area (Å²) in [4.78, 5) is 24.5. The maximum absolute atomic E-state index is 13.4. The first-order valence-electron chi connectivity index (χ1n) is 9.37. The van der Waals surface area contributed by atoms with Crippen molar-refractivity contribution in [1.82, 2.24) is 15.8 Å². The van der Waals surface area contributed by atoms with Gasteiger partial charge in [-0.1, -0.05) is 30.6 Å². The third-order valence-corrected chi connectivity index (χ3v) is 5.71. The molecule has 0 aliphatic heterocycles. The van der Waals surface area contributed by atoms with Crippen LogP contribution in [0, 0.1) is 5.82 Å². The summed E-state index contributed by atoms with van der Waals surface area (Å²) < 4.78 is 23.9. The summed E-state index contributed by atoms with van der Waals surface area (Å²) in [7, 11) is 0. The number of nitrogens with one attached hydrogen (secondary N) is 2. The van der Waals surface area contributed by atoms with Crippen LogP contribution in [0.15, 0.2) is 28.8 Å². The smallest absolute Gasteiger partial charge is 0.273 e. The maximum Gasteiger partial charge on any atom is 0.273 e. The molecule has 5 rings (SSSR count). The topological polar surface area (TPSA) is 93.5 Å². The van der Waals surface area contributed by atoms with Gasteiger partial charge in [-0.3, -0.25) is 9.59 Å². The van der Waals surface area contributed by atoms with Crippen LogP contribution in [0.4, 0.5) is 4.39 Å². The zero-order valence-corrected chi connectivity index (χ0v) is 16.8. The molecular formula is C20H21ClFN3O4. The first-order valence-corrected chi connectivity index (χ1v) is 9.75. The van der Waals surface area contributed by atoms with E-state index in [0.29, 0.717) is 25.0 Å². The second-order valence-corrected chi connectivity index (χ2v) is 8.63. The Morgan fingerprint density at radius 1 is 1.24 bits per heavy atom. The molecule has 154 valence electrons. The van der Waals surface area contributed by atoms with Crippen LogP contribution in [-0.4, -0.2) is 34.7 Å². The van der Waals surface area contributed by atoms with Crippen molar-refractivity contribution >= 4 is 23.4 Å². The van der Waals surface area contributed by atoms with Crippen molar-refractivity contribution in [2.75, 3.05) is 6.61 Å². The van der Waals surface area contributed by atoms with Crippen LogP contribution in [-0.2, 0) is 4.79 Å². The number of hydrogen-bond acceptors (Lipinski definition) is 5. The van der Waals surface area contributed by atoms with E-state index < -0.39 is 5.82 Å². The highest BCUT2D eigenvalue weighted by atomic mass is 35.5. The minimum atomic E-state index is -0.602. The summed E-state index contributed by atoms with van der Waals surface area (Å²) in [5, 5.41) is 9.75. The molecule has 2 N–H and O–H groups in total. The van der Waals surface area contributed by atoms with Gasteiger partial charge in [-0.25, -0.2) is 4.39 Å². The monoisotopic (exact) mass is 421 g/mol. The summed E-state index contributed by atoms with van der Waals surface area (Å²) in [6, 6.07) is 5.66. The summed E-state index contributed by atoms with van der Waals surface area (Å²) in [5.74, 6) is -0.112. The SMILES string of the molecule is CC(C)c1cc(C(=O)NC23CC(NC(=O)COc4ccc(Cl)c(F)c4)(C2)C3)no1. The predicted molar refractivity (Wildman–Crippen MR) is 102 cm³/mol. The number of carbonyl (C=O) groups excluding carboxylic acids is 2. The van der Waals surface area contributed by atoms with Crippen molar-refractivity contribution in [2.45, 2.75) is 50.1 Å². The number of aromatic nitrogens is 1. The molecule has 3 aliphatic carbocycles. The normalized spacial score (nSPS) is 24.4. The standard InChI is InChI=1S/C20H21ClFN3O4/c1-11(2)16-6-15(25-29-16)18(27)24-20-8-19(9-20,10-20)23-17(26)7-28-12-3-4-13(21)14(22)5-12/h3-6,11H,7-10H2,1-2H3,(H,23,26)(H,24,27). The Labute approximate surface area is 171 Å². The first kappa shape index (κ1) is 19.7. The lowest BCUT2D eigenvalue weighted by molar-refractivity contribution is -0.141. The number of amides is 2. The van der Waals surface area contributed by atoms with Crippen LogP contribution in [0.2, 0.25) is 5.02 Å². The van der Waals surface area contributed by atoms with Crippen LogP contribution in [0.5, 0.6) is 5.75 Å². The van der Waals surface area contributed by atoms with E-state index in [4.69, 9.17) is 20.9 Å². The molecule has 3 fully saturated rings. The Morgan fingerprint density at radius 2 is 1.93 bits per heavy atom. The quantitative estimate of drug-likeness (QED) is 0.716. The molecule has 0 spiro atoms. The zero-order valence-electron chi connectivity index (χ0n) is 16.1. The molecule has 0 radical (unpaired) electrons. The van der Waals surface area contributed by atoms with Gasteiger partial charge in [-0.2, -0.15) is 0 Å². The number of benzene rings is 1. The van der Waals surface area contributed by atoms with Gasteiger partial charge in [0.25, 0.3) is 11.8 Å². The van der Waals surface area contributed by atoms with E-state index in [1.54, 1.807) is 6.07 Å². The Balaban J connectivity index is 1.23. The fourth-order valence-corrected chi connectivity index (χ4v) is 4.19. The summed E-state index contributed by atoms with van der Waals surface area (Å²) >= 11 is 5.62. The third-order valence-electron chi connectivity index (χ3n) is 5.40. The summed E-state index contributed by atoms with van der Waals surface area (Å²) in [6.07, 6.45) is 1.96. The molecule has 3 saturated carbocycles. The van der Waals surface area contributed by atoms with Gasteiger partial charge in [0.2, 0.25) is 0 Å². The molecule has 0 atom stereocenters. The van der Waals surface area contributed by atoms with E-state index in [0.717, 1.165) is 6.07 Å². The van der Waals surface area contributed by atoms with Gasteiger partial charge in [0.05, 0.1) is 5.02 Å². The molecule has 0 saturated heterocycles. The lowest BCUT2D eigenvalue weighted by Gasteiger charge is -2.70. The summed E-state index contributed by atoms with van der Waals surface area (Å²) in [6.45, 7) is 3.70. The Bertz CT molecular complexity index is 955. The average molecular weight is 422 g/mol. The predicted octanol–water partition coefficient (Wildman–Crippen LogP) is 3.19. The van der Waals surface area contributed by atoms with Gasteiger partial charge >= 0.3 is 0 Å². The van der Waals surface area contributed by atoms with E-state index in [-0.39, 0.29) is 51.9 Å². The molecule has 1 aromatic heterocycles. The molecular weight excluding hydrogens is 401 g/mol. The second-order valence-electron chi connectivity index (χ2n) is 8.23. The Morgan fingerprint density at radius 3 is 2.55 bits per heavy atom. The lowest BCUT2D eigenvalue weighted by Crippen LogP contribution is -2.84. The highest BCUT2D eigenvalue weighted by molar-refractivity contribution is 6.30. The first-order chi connectivity index (χ1) is 13.7. The minimum Gasteiger partial charge on any atom is -0.484 e. The Hall–Kier alpha value is -2.61. The molecule has 1 heterocycles. The maximum atomic E-state index is 13.4. The van der Waals surface area contributed by atoms with Crippen molar-refractivity contribution in [3.8, 4) is 5.75 Å². The van der Waals surface area contributed by atoms with Gasteiger partial charge in [-0.15, -0.1) is 0 Å². The van der Waals surface area contributed by atoms with Gasteiger partial charge in [0.15, 0.2) is 12.3 Å². The number of ether oxygens (including phenoxy) is 1. The van der Waals surface area contributed by atoms with Crippen LogP contribution in [0.1, 0.15) is 55.3 Å². The number of rotatable bonds is 7. The number of hydrogen-bond donors (Lipinski definition) is 2. The zero-order chi connectivity index (χ0) is 20.8. The van der Waals surface area contributed by atoms with Crippen molar-refractivity contribution in [3.63, 3.8) is 0 Å². The number of carbonyl (C=O) groups is 2. The molecule has 7 nitrogen and oxygen atoms in total. The van der Waals surface area contributed by atoms with E-state index in [2.05, 4.69) is 15.8 Å². The largest absolute Gasteiger partial charge is 0.484 e. The molecule has 2 bridgehead atoms. The van der Waals surface area contributed by atoms with Crippen LogP contribution >= 0.6 is 11.6 Å². The van der Waals surface area contributed by atoms with Gasteiger partial charge in [0, 0.05) is 29.1 Å². The molecule has 2 amide bonds. The van der Waals surface area contributed by atoms with Gasteiger partial charge in [0.1, 0.15) is 17.3 Å². The van der Waals surface area contributed by atoms with Crippen LogP contribution < -0.4 is 15.4 Å². The van der Waals surface area contributed by atoms with Crippen LogP contribution in [0.3, 0.4) is 0 Å². The highest BCUT2D eigenvalue weighted by Crippen LogP contribution is 2.60. The molecule has 0 unspecified atom stereocenters. The average Bonchev–Trinajstić information content (AvgIpc) is 3.10. The van der Waals surface area contributed by atoms with E-state index in [1.165, 1.54) is 12.1 Å². The second kappa shape index (κ2) is 7.02. The van der Waals surface area contributed by atoms with E-state index >= 15 is 0 Å². The van der Waals surface area contributed by atoms with E-state index in [9.17, 15) is 14.0 Å². The fourth-order valence-electron chi connectivity index (χ4n) is 4.07. The molecule has 9 heteroatoms. The van der Waals surface area contributed by atoms with Crippen molar-refractivity contribution in [1.29, 1.82) is 0 Å². The molecule has 3 aliphatic rings. The Kier molecular flexibility index (Phi) is 4.77. The third kappa shape index (κ3) is 3.81. The molecule has 1 aromatic carbocycles. The van der Waals surface area contributed by atoms with Gasteiger partial charge in [-0.05, 0) is 31.4 Å². The van der Waals surface area contributed by atoms with Crippen LogP contribution in [0.25, 0.3) is 0 Å².